The maximum atomic E-state index is 10.8. The third kappa shape index (κ3) is 1.11. The van der Waals surface area contributed by atoms with Crippen LogP contribution in [0.4, 0.5) is 5.69 Å². The van der Waals surface area contributed by atoms with Gasteiger partial charge in [-0.25, -0.2) is 0 Å². The SMILES string of the molecule is O=[N+]([O-])c1cccc2c3c(ccc12)OCO3. The topological polar surface area (TPSA) is 61.6 Å². The van der Waals surface area contributed by atoms with Gasteiger partial charge in [-0.3, -0.25) is 10.1 Å². The molecule has 0 fully saturated rings. The molecule has 0 N–H and O–H groups in total. The number of fused-ring (bicyclic) bond motifs is 3. The van der Waals surface area contributed by atoms with Crippen molar-refractivity contribution in [3.8, 4) is 11.5 Å². The number of non-ortho nitro benzene ring substituents is 1. The zero-order chi connectivity index (χ0) is 11.1. The molecular weight excluding hydrogens is 210 g/mol. The van der Waals surface area contributed by atoms with E-state index in [-0.39, 0.29) is 12.5 Å². The molecule has 0 saturated heterocycles. The van der Waals surface area contributed by atoms with E-state index in [0.717, 1.165) is 0 Å². The minimum Gasteiger partial charge on any atom is -0.454 e. The van der Waals surface area contributed by atoms with E-state index >= 15 is 0 Å². The Morgan fingerprint density at radius 1 is 1.12 bits per heavy atom. The van der Waals surface area contributed by atoms with E-state index in [2.05, 4.69) is 0 Å². The van der Waals surface area contributed by atoms with Gasteiger partial charge in [-0.15, -0.1) is 0 Å². The molecule has 3 rings (SSSR count). The predicted octanol–water partition coefficient (Wildman–Crippen LogP) is 2.48. The predicted molar refractivity (Wildman–Crippen MR) is 56.7 cm³/mol. The summed E-state index contributed by atoms with van der Waals surface area (Å²) in [6, 6.07) is 8.28. The van der Waals surface area contributed by atoms with Crippen LogP contribution in [0.5, 0.6) is 11.5 Å². The molecule has 0 saturated carbocycles. The van der Waals surface area contributed by atoms with E-state index in [9.17, 15) is 10.1 Å². The van der Waals surface area contributed by atoms with Crippen LogP contribution in [0.15, 0.2) is 30.3 Å². The molecule has 2 aromatic carbocycles. The molecule has 0 amide bonds. The third-order valence-corrected chi connectivity index (χ3v) is 2.57. The number of nitrogens with zero attached hydrogens (tertiary/aromatic N) is 1. The molecule has 0 spiro atoms. The van der Waals surface area contributed by atoms with Crippen LogP contribution in [0.2, 0.25) is 0 Å². The van der Waals surface area contributed by atoms with Gasteiger partial charge in [0.2, 0.25) is 6.79 Å². The van der Waals surface area contributed by atoms with Gasteiger partial charge in [0.15, 0.2) is 11.5 Å². The molecule has 2 aromatic rings. The summed E-state index contributed by atoms with van der Waals surface area (Å²) in [7, 11) is 0. The minimum atomic E-state index is -0.398. The number of nitro benzene ring substituents is 1. The summed E-state index contributed by atoms with van der Waals surface area (Å²) in [4.78, 5) is 10.5. The standard InChI is InChI=1S/C11H7NO4/c13-12(14)9-3-1-2-8-7(9)4-5-10-11(8)16-6-15-10/h1-5H,6H2. The lowest BCUT2D eigenvalue weighted by molar-refractivity contribution is -0.383. The first-order valence-corrected chi connectivity index (χ1v) is 4.73. The van der Waals surface area contributed by atoms with Crippen molar-refractivity contribution >= 4 is 16.5 Å². The average Bonchev–Trinajstić information content (AvgIpc) is 2.76. The summed E-state index contributed by atoms with van der Waals surface area (Å²) >= 11 is 0. The molecule has 0 bridgehead atoms. The number of hydrogen-bond acceptors (Lipinski definition) is 4. The van der Waals surface area contributed by atoms with Crippen molar-refractivity contribution in [3.05, 3.63) is 40.4 Å². The van der Waals surface area contributed by atoms with E-state index in [0.29, 0.717) is 22.3 Å². The van der Waals surface area contributed by atoms with Crippen LogP contribution < -0.4 is 9.47 Å². The van der Waals surface area contributed by atoms with Gasteiger partial charge in [-0.1, -0.05) is 6.07 Å². The van der Waals surface area contributed by atoms with Crippen molar-refractivity contribution in [2.24, 2.45) is 0 Å². The van der Waals surface area contributed by atoms with Crippen molar-refractivity contribution in [1.29, 1.82) is 0 Å². The number of benzene rings is 2. The smallest absolute Gasteiger partial charge is 0.277 e. The highest BCUT2D eigenvalue weighted by atomic mass is 16.7. The molecule has 5 nitrogen and oxygen atoms in total. The Hall–Kier alpha value is -2.30. The summed E-state index contributed by atoms with van der Waals surface area (Å²) < 4.78 is 10.5. The Balaban J connectivity index is 2.39. The zero-order valence-electron chi connectivity index (χ0n) is 8.17. The van der Waals surface area contributed by atoms with Gasteiger partial charge in [0.1, 0.15) is 0 Å². The van der Waals surface area contributed by atoms with Crippen molar-refractivity contribution in [2.75, 3.05) is 6.79 Å². The summed E-state index contributed by atoms with van der Waals surface area (Å²) in [6.45, 7) is 0.164. The third-order valence-electron chi connectivity index (χ3n) is 2.57. The molecule has 0 aliphatic carbocycles. The van der Waals surface area contributed by atoms with Gasteiger partial charge in [0.25, 0.3) is 5.69 Å². The largest absolute Gasteiger partial charge is 0.454 e. The maximum absolute atomic E-state index is 10.8. The van der Waals surface area contributed by atoms with Gasteiger partial charge in [-0.05, 0) is 18.2 Å². The Labute approximate surface area is 90.4 Å². The minimum absolute atomic E-state index is 0.0794. The van der Waals surface area contributed by atoms with Crippen molar-refractivity contribution in [2.45, 2.75) is 0 Å². The van der Waals surface area contributed by atoms with E-state index in [1.165, 1.54) is 6.07 Å². The Morgan fingerprint density at radius 3 is 2.81 bits per heavy atom. The molecule has 80 valence electrons. The molecule has 1 aliphatic heterocycles. The van der Waals surface area contributed by atoms with Crippen LogP contribution in [-0.4, -0.2) is 11.7 Å². The fraction of sp³-hybridized carbons (Fsp3) is 0.0909. The molecule has 0 unspecified atom stereocenters. The first-order chi connectivity index (χ1) is 7.77. The second kappa shape index (κ2) is 3.10. The van der Waals surface area contributed by atoms with Crippen molar-refractivity contribution in [3.63, 3.8) is 0 Å². The first-order valence-electron chi connectivity index (χ1n) is 4.73. The summed E-state index contributed by atoms with van der Waals surface area (Å²) in [6.07, 6.45) is 0. The average molecular weight is 217 g/mol. The highest BCUT2D eigenvalue weighted by molar-refractivity contribution is 5.97. The highest BCUT2D eigenvalue weighted by Gasteiger charge is 2.20. The molecule has 16 heavy (non-hydrogen) atoms. The van der Waals surface area contributed by atoms with Crippen LogP contribution in [0.25, 0.3) is 10.8 Å². The normalized spacial score (nSPS) is 13.0. The van der Waals surface area contributed by atoms with E-state index in [1.807, 2.05) is 0 Å². The number of hydrogen-bond donors (Lipinski definition) is 0. The van der Waals surface area contributed by atoms with Crippen LogP contribution in [0, 0.1) is 10.1 Å². The van der Waals surface area contributed by atoms with E-state index < -0.39 is 4.92 Å². The molecular formula is C11H7NO4. The number of nitro groups is 1. The second-order valence-corrected chi connectivity index (χ2v) is 3.43. The lowest BCUT2D eigenvalue weighted by Gasteiger charge is -2.02. The first kappa shape index (κ1) is 8.96. The van der Waals surface area contributed by atoms with Crippen molar-refractivity contribution in [1.82, 2.24) is 0 Å². The molecule has 1 aliphatic rings. The van der Waals surface area contributed by atoms with Crippen LogP contribution in [0.3, 0.4) is 0 Å². The van der Waals surface area contributed by atoms with E-state index in [4.69, 9.17) is 9.47 Å². The molecule has 0 radical (unpaired) electrons. The molecule has 0 atom stereocenters. The lowest BCUT2D eigenvalue weighted by Crippen LogP contribution is -1.93. The van der Waals surface area contributed by atoms with Crippen LogP contribution in [0.1, 0.15) is 0 Å². The Morgan fingerprint density at radius 2 is 2.00 bits per heavy atom. The fourth-order valence-electron chi connectivity index (χ4n) is 1.87. The lowest BCUT2D eigenvalue weighted by atomic mass is 10.1. The monoisotopic (exact) mass is 217 g/mol. The maximum Gasteiger partial charge on any atom is 0.277 e. The Bertz CT molecular complexity index is 594. The summed E-state index contributed by atoms with van der Waals surface area (Å²) in [5.74, 6) is 1.22. The summed E-state index contributed by atoms with van der Waals surface area (Å²) in [5, 5.41) is 12.1. The Kier molecular flexibility index (Phi) is 1.73. The van der Waals surface area contributed by atoms with Gasteiger partial charge < -0.3 is 9.47 Å². The molecule has 5 heteroatoms. The second-order valence-electron chi connectivity index (χ2n) is 3.43. The molecule has 0 aromatic heterocycles. The van der Waals surface area contributed by atoms with Crippen LogP contribution in [-0.2, 0) is 0 Å². The fourth-order valence-corrected chi connectivity index (χ4v) is 1.87. The van der Waals surface area contributed by atoms with Gasteiger partial charge in [0.05, 0.1) is 10.3 Å². The van der Waals surface area contributed by atoms with Gasteiger partial charge in [-0.2, -0.15) is 0 Å². The van der Waals surface area contributed by atoms with Gasteiger partial charge >= 0.3 is 0 Å². The van der Waals surface area contributed by atoms with Gasteiger partial charge in [0, 0.05) is 11.5 Å². The van der Waals surface area contributed by atoms with E-state index in [1.54, 1.807) is 24.3 Å². The number of ether oxygens (including phenoxy) is 2. The zero-order valence-corrected chi connectivity index (χ0v) is 8.17. The number of rotatable bonds is 1. The van der Waals surface area contributed by atoms with Crippen molar-refractivity contribution < 1.29 is 14.4 Å². The van der Waals surface area contributed by atoms with Crippen LogP contribution >= 0.6 is 0 Å². The highest BCUT2D eigenvalue weighted by Crippen LogP contribution is 2.41. The summed E-state index contributed by atoms with van der Waals surface area (Å²) in [5.41, 5.74) is 0.0794. The molecule has 1 heterocycles. The quantitative estimate of drug-likeness (QED) is 0.543.